The number of hydrogen-bond acceptors (Lipinski definition) is 3. The molecule has 6 heteroatoms. The molecule has 0 aromatic heterocycles. The summed E-state index contributed by atoms with van der Waals surface area (Å²) in [6.45, 7) is 0. The predicted octanol–water partition coefficient (Wildman–Crippen LogP) is 2.94. The van der Waals surface area contributed by atoms with Crippen molar-refractivity contribution in [1.82, 2.24) is 0 Å². The molecule has 0 aliphatic rings. The molecule has 0 fully saturated rings. The van der Waals surface area contributed by atoms with Crippen molar-refractivity contribution in [3.63, 3.8) is 0 Å². The second-order valence-corrected chi connectivity index (χ2v) is 5.17. The molecule has 0 saturated heterocycles. The van der Waals surface area contributed by atoms with Crippen molar-refractivity contribution < 1.29 is 13.6 Å². The van der Waals surface area contributed by atoms with Gasteiger partial charge in [0.05, 0.1) is 0 Å². The molecule has 2 aromatic carbocycles. The average Bonchev–Trinajstić information content (AvgIpc) is 2.39. The third-order valence-electron chi connectivity index (χ3n) is 2.67. The maximum atomic E-state index is 13.6. The van der Waals surface area contributed by atoms with E-state index in [2.05, 4.69) is 0 Å². The largest absolute Gasteiger partial charge is 0.399 e. The molecule has 0 atom stereocenters. The van der Waals surface area contributed by atoms with Crippen LogP contribution in [-0.4, -0.2) is 5.91 Å². The van der Waals surface area contributed by atoms with E-state index < -0.39 is 17.5 Å². The first-order valence-corrected chi connectivity index (χ1v) is 6.72. The van der Waals surface area contributed by atoms with Crippen LogP contribution in [0.25, 0.3) is 0 Å². The van der Waals surface area contributed by atoms with E-state index in [-0.39, 0.29) is 11.3 Å². The molecule has 2 aromatic rings. The van der Waals surface area contributed by atoms with E-state index in [1.54, 1.807) is 6.07 Å². The standard InChI is InChI=1S/C14H12F2N2OS/c15-11-3-1-8(14(18)19)5-9(11)7-20-13-4-2-10(17)6-12(13)16/h1-6H,7,17H2,(H2,18,19). The summed E-state index contributed by atoms with van der Waals surface area (Å²) >= 11 is 1.12. The van der Waals surface area contributed by atoms with Crippen molar-refractivity contribution in [2.75, 3.05) is 5.73 Å². The molecule has 0 aliphatic heterocycles. The van der Waals surface area contributed by atoms with E-state index in [0.717, 1.165) is 11.8 Å². The number of benzene rings is 2. The van der Waals surface area contributed by atoms with Gasteiger partial charge in [-0.1, -0.05) is 0 Å². The minimum absolute atomic E-state index is 0.188. The fraction of sp³-hybridized carbons (Fsp3) is 0.0714. The molecular weight excluding hydrogens is 282 g/mol. The van der Waals surface area contributed by atoms with Gasteiger partial charge in [0, 0.05) is 21.9 Å². The third-order valence-corrected chi connectivity index (χ3v) is 3.77. The number of thioether (sulfide) groups is 1. The Bertz CT molecular complexity index is 662. The van der Waals surface area contributed by atoms with E-state index in [1.165, 1.54) is 30.3 Å². The Kier molecular flexibility index (Phi) is 4.24. The molecule has 0 saturated carbocycles. The molecule has 0 radical (unpaired) electrons. The van der Waals surface area contributed by atoms with Crippen LogP contribution in [0.4, 0.5) is 14.5 Å². The number of primary amides is 1. The fourth-order valence-electron chi connectivity index (χ4n) is 1.63. The Balaban J connectivity index is 2.18. The fourth-order valence-corrected chi connectivity index (χ4v) is 2.52. The average molecular weight is 294 g/mol. The van der Waals surface area contributed by atoms with Crippen LogP contribution < -0.4 is 11.5 Å². The van der Waals surface area contributed by atoms with Crippen LogP contribution in [0.3, 0.4) is 0 Å². The van der Waals surface area contributed by atoms with Gasteiger partial charge in [0.2, 0.25) is 5.91 Å². The number of hydrogen-bond donors (Lipinski definition) is 2. The first-order valence-electron chi connectivity index (χ1n) is 5.73. The summed E-state index contributed by atoms with van der Waals surface area (Å²) in [5, 5.41) is 0. The highest BCUT2D eigenvalue weighted by Crippen LogP contribution is 2.28. The van der Waals surface area contributed by atoms with Crippen molar-refractivity contribution in [3.05, 3.63) is 59.2 Å². The summed E-state index contributed by atoms with van der Waals surface area (Å²) < 4.78 is 27.2. The maximum Gasteiger partial charge on any atom is 0.248 e. The highest BCUT2D eigenvalue weighted by Gasteiger charge is 2.09. The normalized spacial score (nSPS) is 10.5. The zero-order valence-electron chi connectivity index (χ0n) is 10.4. The summed E-state index contributed by atoms with van der Waals surface area (Å²) in [7, 11) is 0. The molecule has 4 N–H and O–H groups in total. The highest BCUT2D eigenvalue weighted by molar-refractivity contribution is 7.98. The van der Waals surface area contributed by atoms with Crippen molar-refractivity contribution >= 4 is 23.4 Å². The van der Waals surface area contributed by atoms with Crippen LogP contribution in [0, 0.1) is 11.6 Å². The molecule has 0 unspecified atom stereocenters. The third kappa shape index (κ3) is 3.27. The summed E-state index contributed by atoms with van der Waals surface area (Å²) in [6.07, 6.45) is 0. The van der Waals surface area contributed by atoms with E-state index >= 15 is 0 Å². The van der Waals surface area contributed by atoms with Crippen LogP contribution in [0.15, 0.2) is 41.3 Å². The SMILES string of the molecule is NC(=O)c1ccc(F)c(CSc2ccc(N)cc2F)c1. The number of amides is 1. The van der Waals surface area contributed by atoms with E-state index in [1.807, 2.05) is 0 Å². The van der Waals surface area contributed by atoms with Crippen LogP contribution in [0.2, 0.25) is 0 Å². The Morgan fingerprint density at radius 3 is 2.50 bits per heavy atom. The van der Waals surface area contributed by atoms with E-state index in [0.29, 0.717) is 16.1 Å². The van der Waals surface area contributed by atoms with Gasteiger partial charge in [-0.05, 0) is 42.0 Å². The van der Waals surface area contributed by atoms with Gasteiger partial charge in [-0.15, -0.1) is 11.8 Å². The van der Waals surface area contributed by atoms with Gasteiger partial charge in [0.15, 0.2) is 0 Å². The highest BCUT2D eigenvalue weighted by atomic mass is 32.2. The molecule has 0 spiro atoms. The zero-order valence-corrected chi connectivity index (χ0v) is 11.2. The Morgan fingerprint density at radius 2 is 1.85 bits per heavy atom. The molecule has 3 nitrogen and oxygen atoms in total. The monoisotopic (exact) mass is 294 g/mol. The van der Waals surface area contributed by atoms with Crippen LogP contribution >= 0.6 is 11.8 Å². The number of anilines is 1. The van der Waals surface area contributed by atoms with Crippen molar-refractivity contribution in [3.8, 4) is 0 Å². The van der Waals surface area contributed by atoms with Gasteiger partial charge >= 0.3 is 0 Å². The quantitative estimate of drug-likeness (QED) is 0.673. The minimum atomic E-state index is -0.630. The summed E-state index contributed by atoms with van der Waals surface area (Å²) in [5.41, 5.74) is 11.4. The lowest BCUT2D eigenvalue weighted by Gasteiger charge is -2.06. The first kappa shape index (κ1) is 14.3. The molecule has 0 bridgehead atoms. The number of nitrogens with two attached hydrogens (primary N) is 2. The number of halogens is 2. The van der Waals surface area contributed by atoms with Gasteiger partial charge in [-0.25, -0.2) is 8.78 Å². The second kappa shape index (κ2) is 5.92. The zero-order chi connectivity index (χ0) is 14.7. The van der Waals surface area contributed by atoms with Gasteiger partial charge < -0.3 is 11.5 Å². The van der Waals surface area contributed by atoms with Crippen molar-refractivity contribution in [2.24, 2.45) is 5.73 Å². The number of carbonyl (C=O) groups excluding carboxylic acids is 1. The summed E-state index contributed by atoms with van der Waals surface area (Å²) in [6, 6.07) is 8.18. The number of nitrogen functional groups attached to an aromatic ring is 1. The van der Waals surface area contributed by atoms with Crippen molar-refractivity contribution in [2.45, 2.75) is 10.6 Å². The Hall–Kier alpha value is -2.08. The smallest absolute Gasteiger partial charge is 0.248 e. The first-order chi connectivity index (χ1) is 9.47. The van der Waals surface area contributed by atoms with Crippen LogP contribution in [0.5, 0.6) is 0 Å². The van der Waals surface area contributed by atoms with Gasteiger partial charge in [0.1, 0.15) is 11.6 Å². The molecule has 0 aliphatic carbocycles. The molecule has 20 heavy (non-hydrogen) atoms. The van der Waals surface area contributed by atoms with E-state index in [9.17, 15) is 13.6 Å². The maximum absolute atomic E-state index is 13.6. The molecule has 2 rings (SSSR count). The Labute approximate surface area is 119 Å². The van der Waals surface area contributed by atoms with Gasteiger partial charge in [0.25, 0.3) is 0 Å². The molecule has 1 amide bonds. The van der Waals surface area contributed by atoms with E-state index in [4.69, 9.17) is 11.5 Å². The van der Waals surface area contributed by atoms with Gasteiger partial charge in [-0.2, -0.15) is 0 Å². The topological polar surface area (TPSA) is 69.1 Å². The van der Waals surface area contributed by atoms with Crippen LogP contribution in [-0.2, 0) is 5.75 Å². The second-order valence-electron chi connectivity index (χ2n) is 4.15. The number of carbonyl (C=O) groups is 1. The number of rotatable bonds is 4. The summed E-state index contributed by atoms with van der Waals surface area (Å²) in [4.78, 5) is 11.4. The molecule has 0 heterocycles. The lowest BCUT2D eigenvalue weighted by Crippen LogP contribution is -2.11. The minimum Gasteiger partial charge on any atom is -0.399 e. The molecular formula is C14H12F2N2OS. The lowest BCUT2D eigenvalue weighted by molar-refractivity contribution is 0.1000. The Morgan fingerprint density at radius 1 is 1.10 bits per heavy atom. The van der Waals surface area contributed by atoms with Crippen LogP contribution in [0.1, 0.15) is 15.9 Å². The molecule has 104 valence electrons. The summed E-state index contributed by atoms with van der Waals surface area (Å²) in [5.74, 6) is -1.36. The van der Waals surface area contributed by atoms with Crippen molar-refractivity contribution in [1.29, 1.82) is 0 Å². The van der Waals surface area contributed by atoms with Gasteiger partial charge in [-0.3, -0.25) is 4.79 Å². The lowest BCUT2D eigenvalue weighted by atomic mass is 10.1. The predicted molar refractivity (Wildman–Crippen MR) is 75.3 cm³/mol.